The van der Waals surface area contributed by atoms with E-state index in [0.29, 0.717) is 11.3 Å². The van der Waals surface area contributed by atoms with Gasteiger partial charge in [0.25, 0.3) is 0 Å². The summed E-state index contributed by atoms with van der Waals surface area (Å²) in [6.07, 6.45) is 0. The Balaban J connectivity index is 3.27. The molecule has 0 aliphatic carbocycles. The van der Waals surface area contributed by atoms with E-state index >= 15 is 0 Å². The number of aromatic hydroxyl groups is 1. The number of rotatable bonds is 2. The Hall–Kier alpha value is -1.58. The molecule has 1 aromatic carbocycles. The summed E-state index contributed by atoms with van der Waals surface area (Å²) in [6, 6.07) is 2.99. The van der Waals surface area contributed by atoms with Gasteiger partial charge in [0.2, 0.25) is 0 Å². The average Bonchev–Trinajstić information content (AvgIpc) is 2.03. The number of nitrogens with zero attached hydrogens (tertiary/aromatic N) is 1. The van der Waals surface area contributed by atoms with E-state index in [9.17, 15) is 10.0 Å². The molecular formula is C8H9NO3. The Morgan fingerprint density at radius 1 is 1.50 bits per heavy atom. The van der Waals surface area contributed by atoms with Gasteiger partial charge in [-0.15, -0.1) is 4.91 Å². The van der Waals surface area contributed by atoms with E-state index in [1.54, 1.807) is 13.0 Å². The topological polar surface area (TPSA) is 58.9 Å². The predicted molar refractivity (Wildman–Crippen MR) is 44.9 cm³/mol. The maximum absolute atomic E-state index is 10.2. The van der Waals surface area contributed by atoms with Crippen LogP contribution in [0, 0.1) is 11.8 Å². The first-order valence-corrected chi connectivity index (χ1v) is 3.40. The molecule has 0 heterocycles. The summed E-state index contributed by atoms with van der Waals surface area (Å²) in [5, 5.41) is 11.9. The molecule has 0 unspecified atom stereocenters. The minimum Gasteiger partial charge on any atom is -0.505 e. The van der Waals surface area contributed by atoms with Crippen LogP contribution in [0.2, 0.25) is 0 Å². The molecular weight excluding hydrogens is 158 g/mol. The minimum absolute atomic E-state index is 0.0656. The van der Waals surface area contributed by atoms with Gasteiger partial charge in [-0.05, 0) is 23.7 Å². The molecule has 12 heavy (non-hydrogen) atoms. The van der Waals surface area contributed by atoms with Gasteiger partial charge >= 0.3 is 0 Å². The van der Waals surface area contributed by atoms with Gasteiger partial charge in [0, 0.05) is 6.07 Å². The lowest BCUT2D eigenvalue weighted by Crippen LogP contribution is -1.84. The molecule has 0 aromatic heterocycles. The number of ether oxygens (including phenoxy) is 1. The molecule has 0 saturated heterocycles. The van der Waals surface area contributed by atoms with E-state index in [0.717, 1.165) is 0 Å². The Kier molecular flexibility index (Phi) is 2.28. The molecule has 4 heteroatoms. The van der Waals surface area contributed by atoms with E-state index in [-0.39, 0.29) is 11.4 Å². The monoisotopic (exact) mass is 167 g/mol. The van der Waals surface area contributed by atoms with Gasteiger partial charge in [-0.2, -0.15) is 0 Å². The van der Waals surface area contributed by atoms with Gasteiger partial charge in [0.05, 0.1) is 7.11 Å². The van der Waals surface area contributed by atoms with Crippen molar-refractivity contribution in [1.29, 1.82) is 0 Å². The van der Waals surface area contributed by atoms with Crippen LogP contribution in [0.15, 0.2) is 17.3 Å². The van der Waals surface area contributed by atoms with E-state index in [1.165, 1.54) is 13.2 Å². The second-order valence-electron chi connectivity index (χ2n) is 2.40. The Bertz CT molecular complexity index is 286. The van der Waals surface area contributed by atoms with Crippen molar-refractivity contribution in [1.82, 2.24) is 0 Å². The second-order valence-corrected chi connectivity index (χ2v) is 2.40. The van der Waals surface area contributed by atoms with Crippen molar-refractivity contribution in [3.8, 4) is 11.5 Å². The number of nitroso groups, excluding NO2 is 1. The molecule has 64 valence electrons. The summed E-state index contributed by atoms with van der Waals surface area (Å²) in [5.41, 5.74) is 0.664. The smallest absolute Gasteiger partial charge is 0.152 e. The first-order chi connectivity index (χ1) is 5.69. The van der Waals surface area contributed by atoms with Crippen molar-refractivity contribution in [2.24, 2.45) is 5.18 Å². The third-order valence-electron chi connectivity index (χ3n) is 1.58. The van der Waals surface area contributed by atoms with Crippen LogP contribution in [0.1, 0.15) is 5.56 Å². The summed E-state index contributed by atoms with van der Waals surface area (Å²) in [4.78, 5) is 10.2. The van der Waals surface area contributed by atoms with Crippen LogP contribution in [-0.2, 0) is 0 Å². The number of phenols is 1. The first-order valence-electron chi connectivity index (χ1n) is 3.40. The van der Waals surface area contributed by atoms with Gasteiger partial charge < -0.3 is 9.84 Å². The summed E-state index contributed by atoms with van der Waals surface area (Å²) in [6.45, 7) is 1.68. The lowest BCUT2D eigenvalue weighted by molar-refractivity contribution is 0.407. The molecule has 0 bridgehead atoms. The highest BCUT2D eigenvalue weighted by molar-refractivity contribution is 5.59. The molecule has 0 atom stereocenters. The molecule has 0 radical (unpaired) electrons. The number of methoxy groups -OCH3 is 1. The van der Waals surface area contributed by atoms with Crippen LogP contribution in [0.4, 0.5) is 5.69 Å². The van der Waals surface area contributed by atoms with Crippen molar-refractivity contribution in [3.63, 3.8) is 0 Å². The maximum Gasteiger partial charge on any atom is 0.152 e. The summed E-state index contributed by atoms with van der Waals surface area (Å²) in [7, 11) is 1.49. The summed E-state index contributed by atoms with van der Waals surface area (Å²) < 4.78 is 4.87. The maximum atomic E-state index is 10.2. The fourth-order valence-corrected chi connectivity index (χ4v) is 0.965. The Morgan fingerprint density at radius 2 is 2.17 bits per heavy atom. The van der Waals surface area contributed by atoms with Gasteiger partial charge in [-0.1, -0.05) is 0 Å². The lowest BCUT2D eigenvalue weighted by atomic mass is 10.2. The third-order valence-corrected chi connectivity index (χ3v) is 1.58. The lowest BCUT2D eigenvalue weighted by Gasteiger charge is -2.04. The van der Waals surface area contributed by atoms with Crippen LogP contribution in [-0.4, -0.2) is 12.2 Å². The van der Waals surface area contributed by atoms with Gasteiger partial charge in [0.15, 0.2) is 5.69 Å². The highest BCUT2D eigenvalue weighted by Crippen LogP contribution is 2.33. The van der Waals surface area contributed by atoms with Crippen molar-refractivity contribution < 1.29 is 9.84 Å². The number of hydrogen-bond donors (Lipinski definition) is 1. The number of hydrogen-bond acceptors (Lipinski definition) is 4. The quantitative estimate of drug-likeness (QED) is 0.686. The van der Waals surface area contributed by atoms with Gasteiger partial charge in [0.1, 0.15) is 11.5 Å². The van der Waals surface area contributed by atoms with Crippen molar-refractivity contribution in [2.45, 2.75) is 6.92 Å². The van der Waals surface area contributed by atoms with Crippen LogP contribution < -0.4 is 4.74 Å². The fraction of sp³-hybridized carbons (Fsp3) is 0.250. The SMILES string of the molecule is COc1cc(C)c(N=O)c(O)c1. The zero-order valence-electron chi connectivity index (χ0n) is 6.87. The van der Waals surface area contributed by atoms with Crippen LogP contribution >= 0.6 is 0 Å². The van der Waals surface area contributed by atoms with Crippen molar-refractivity contribution >= 4 is 5.69 Å². The van der Waals surface area contributed by atoms with Crippen molar-refractivity contribution in [2.75, 3.05) is 7.11 Å². The van der Waals surface area contributed by atoms with Crippen molar-refractivity contribution in [3.05, 3.63) is 22.6 Å². The van der Waals surface area contributed by atoms with E-state index < -0.39 is 0 Å². The number of aryl methyl sites for hydroxylation is 1. The molecule has 0 aliphatic heterocycles. The van der Waals surface area contributed by atoms with E-state index in [2.05, 4.69) is 5.18 Å². The molecule has 1 aromatic rings. The standard InChI is InChI=1S/C8H9NO3/c1-5-3-6(12-2)4-7(10)8(5)9-11/h3-4,10H,1-2H3. The zero-order chi connectivity index (χ0) is 9.14. The molecule has 0 fully saturated rings. The van der Waals surface area contributed by atoms with Crippen LogP contribution in [0.25, 0.3) is 0 Å². The van der Waals surface area contributed by atoms with Crippen LogP contribution in [0.5, 0.6) is 11.5 Å². The summed E-state index contributed by atoms with van der Waals surface area (Å²) >= 11 is 0. The first kappa shape index (κ1) is 8.52. The molecule has 0 saturated carbocycles. The fourth-order valence-electron chi connectivity index (χ4n) is 0.965. The van der Waals surface area contributed by atoms with E-state index in [4.69, 9.17) is 4.74 Å². The zero-order valence-corrected chi connectivity index (χ0v) is 6.87. The number of phenolic OH excluding ortho intramolecular Hbond substituents is 1. The molecule has 4 nitrogen and oxygen atoms in total. The third kappa shape index (κ3) is 1.37. The average molecular weight is 167 g/mol. The Morgan fingerprint density at radius 3 is 2.58 bits per heavy atom. The molecule has 1 N–H and O–H groups in total. The highest BCUT2D eigenvalue weighted by atomic mass is 16.5. The summed E-state index contributed by atoms with van der Waals surface area (Å²) in [5.74, 6) is 0.360. The van der Waals surface area contributed by atoms with E-state index in [1.807, 2.05) is 0 Å². The largest absolute Gasteiger partial charge is 0.505 e. The second kappa shape index (κ2) is 3.21. The number of benzene rings is 1. The van der Waals surface area contributed by atoms with Gasteiger partial charge in [-0.3, -0.25) is 0 Å². The normalized spacial score (nSPS) is 9.50. The molecule has 0 amide bonds. The highest BCUT2D eigenvalue weighted by Gasteiger charge is 2.07. The van der Waals surface area contributed by atoms with Crippen LogP contribution in [0.3, 0.4) is 0 Å². The predicted octanol–water partition coefficient (Wildman–Crippen LogP) is 2.11. The minimum atomic E-state index is -0.151. The molecule has 1 rings (SSSR count). The molecule has 0 aliphatic rings. The Labute approximate surface area is 69.8 Å². The van der Waals surface area contributed by atoms with Gasteiger partial charge in [-0.25, -0.2) is 0 Å². The molecule has 0 spiro atoms.